The number of aryl methyl sites for hydroxylation is 1. The summed E-state index contributed by atoms with van der Waals surface area (Å²) in [5, 5.41) is 13.2. The molecule has 0 amide bonds. The molecule has 70 valence electrons. The molecule has 1 N–H and O–H groups in total. The molecule has 14 heavy (non-hydrogen) atoms. The Balaban J connectivity index is 0.00000169. The number of carboxylic acid groups (broad SMARTS) is 1. The summed E-state index contributed by atoms with van der Waals surface area (Å²) in [6, 6.07) is 7.64. The van der Waals surface area contributed by atoms with Crippen LogP contribution in [-0.4, -0.2) is 13.0 Å². The third-order valence-corrected chi connectivity index (χ3v) is 1.89. The average molecular weight is 217 g/mol. The topological polar surface area (TPSA) is 52.2 Å². The van der Waals surface area contributed by atoms with Crippen molar-refractivity contribution in [2.45, 2.75) is 12.8 Å². The molecule has 0 atom stereocenters. The number of nitrogens with one attached hydrogen (secondary N) is 1. The summed E-state index contributed by atoms with van der Waals surface area (Å²) in [7, 11) is 1.82. The Labute approximate surface area is 126 Å². The second-order valence-corrected chi connectivity index (χ2v) is 2.78. The van der Waals surface area contributed by atoms with Crippen molar-refractivity contribution in [3.63, 3.8) is 0 Å². The van der Waals surface area contributed by atoms with Gasteiger partial charge in [-0.15, -0.1) is 0 Å². The van der Waals surface area contributed by atoms with Gasteiger partial charge in [-0.25, -0.2) is 0 Å². The van der Waals surface area contributed by atoms with Crippen LogP contribution in [0.5, 0.6) is 0 Å². The summed E-state index contributed by atoms with van der Waals surface area (Å²) < 4.78 is 0. The van der Waals surface area contributed by atoms with Crippen LogP contribution in [0.1, 0.15) is 12.0 Å². The number of carboxylic acids is 1. The van der Waals surface area contributed by atoms with Crippen LogP contribution >= 0.6 is 0 Å². The van der Waals surface area contributed by atoms with Crippen molar-refractivity contribution in [1.82, 2.24) is 0 Å². The molecule has 0 fully saturated rings. The maximum Gasteiger partial charge on any atom is 1.00 e. The molecule has 1 rings (SSSR count). The molecule has 0 heterocycles. The van der Waals surface area contributed by atoms with E-state index in [4.69, 9.17) is 0 Å². The van der Waals surface area contributed by atoms with Gasteiger partial charge in [0.2, 0.25) is 0 Å². The quantitative estimate of drug-likeness (QED) is 0.563. The first-order chi connectivity index (χ1) is 6.24. The minimum Gasteiger partial charge on any atom is -0.550 e. The van der Waals surface area contributed by atoms with Gasteiger partial charge in [-0.2, -0.15) is 0 Å². The van der Waals surface area contributed by atoms with Crippen molar-refractivity contribution in [3.8, 4) is 0 Å². The molecule has 0 spiro atoms. The van der Waals surface area contributed by atoms with Crippen LogP contribution in [0.4, 0.5) is 5.69 Å². The predicted molar refractivity (Wildman–Crippen MR) is 49.3 cm³/mol. The number of benzene rings is 1. The standard InChI is InChI=1S/C10H13NO2.K/c1-11-9-5-3-2-4-8(9)6-7-10(12)13;/h2-5,11H,6-7H2,1H3,(H,12,13);/q;+1/p-1. The SMILES string of the molecule is CNc1ccccc1CCC(=O)[O-].[K+]. The number of aliphatic carboxylic acids is 1. The van der Waals surface area contributed by atoms with Gasteiger partial charge in [-0.05, 0) is 24.5 Å². The molecule has 1 aromatic carbocycles. The summed E-state index contributed by atoms with van der Waals surface area (Å²) in [4.78, 5) is 10.2. The zero-order valence-electron chi connectivity index (χ0n) is 8.54. The van der Waals surface area contributed by atoms with Gasteiger partial charge in [0.1, 0.15) is 0 Å². The maximum atomic E-state index is 10.2. The number of anilines is 1. The van der Waals surface area contributed by atoms with Gasteiger partial charge in [0.05, 0.1) is 0 Å². The van der Waals surface area contributed by atoms with Crippen molar-refractivity contribution in [2.75, 3.05) is 12.4 Å². The molecular weight excluding hydrogens is 205 g/mol. The van der Waals surface area contributed by atoms with Crippen LogP contribution < -0.4 is 61.8 Å². The molecule has 0 saturated carbocycles. The number of carbonyl (C=O) groups excluding carboxylic acids is 1. The first-order valence-electron chi connectivity index (χ1n) is 4.19. The minimum absolute atomic E-state index is 0. The monoisotopic (exact) mass is 217 g/mol. The van der Waals surface area contributed by atoms with Crippen LogP contribution in [0.25, 0.3) is 0 Å². The molecule has 0 saturated heterocycles. The van der Waals surface area contributed by atoms with E-state index in [1.54, 1.807) is 0 Å². The van der Waals surface area contributed by atoms with Gasteiger partial charge in [0, 0.05) is 18.7 Å². The Bertz CT molecular complexity index is 302. The van der Waals surface area contributed by atoms with Crippen molar-refractivity contribution in [3.05, 3.63) is 29.8 Å². The van der Waals surface area contributed by atoms with E-state index in [1.807, 2.05) is 31.3 Å². The summed E-state index contributed by atoms with van der Waals surface area (Å²) in [6.07, 6.45) is 0.581. The second kappa shape index (κ2) is 7.42. The largest absolute Gasteiger partial charge is 1.00 e. The Hall–Kier alpha value is 0.126. The third kappa shape index (κ3) is 4.57. The van der Waals surface area contributed by atoms with Crippen molar-refractivity contribution in [1.29, 1.82) is 0 Å². The number of carbonyl (C=O) groups is 1. The summed E-state index contributed by atoms with van der Waals surface area (Å²) in [6.45, 7) is 0. The Morgan fingerprint density at radius 2 is 2.07 bits per heavy atom. The average Bonchev–Trinajstić information content (AvgIpc) is 2.15. The molecule has 4 heteroatoms. The van der Waals surface area contributed by atoms with Crippen molar-refractivity contribution >= 4 is 11.7 Å². The van der Waals surface area contributed by atoms with E-state index < -0.39 is 5.97 Å². The normalized spacial score (nSPS) is 8.93. The number of hydrogen-bond donors (Lipinski definition) is 1. The van der Waals surface area contributed by atoms with E-state index in [9.17, 15) is 9.90 Å². The molecule has 0 aliphatic heterocycles. The summed E-state index contributed by atoms with van der Waals surface area (Å²) >= 11 is 0. The van der Waals surface area contributed by atoms with Gasteiger partial charge in [0.25, 0.3) is 0 Å². The maximum absolute atomic E-state index is 10.2. The number of para-hydroxylation sites is 1. The van der Waals surface area contributed by atoms with Crippen molar-refractivity contribution in [2.24, 2.45) is 0 Å². The van der Waals surface area contributed by atoms with Gasteiger partial charge in [0.15, 0.2) is 0 Å². The van der Waals surface area contributed by atoms with Crippen LogP contribution in [0.15, 0.2) is 24.3 Å². The minimum atomic E-state index is -1.01. The zero-order chi connectivity index (χ0) is 9.68. The third-order valence-electron chi connectivity index (χ3n) is 1.89. The second-order valence-electron chi connectivity index (χ2n) is 2.78. The molecule has 0 bridgehead atoms. The van der Waals surface area contributed by atoms with Crippen LogP contribution in [0, 0.1) is 0 Å². The zero-order valence-corrected chi connectivity index (χ0v) is 11.7. The smallest absolute Gasteiger partial charge is 0.550 e. The fraction of sp³-hybridized carbons (Fsp3) is 0.300. The fourth-order valence-electron chi connectivity index (χ4n) is 1.22. The van der Waals surface area contributed by atoms with E-state index in [1.165, 1.54) is 0 Å². The number of hydrogen-bond acceptors (Lipinski definition) is 3. The molecular formula is C10H12KNO2. The first-order valence-corrected chi connectivity index (χ1v) is 4.19. The number of rotatable bonds is 4. The van der Waals surface area contributed by atoms with E-state index in [2.05, 4.69) is 5.32 Å². The van der Waals surface area contributed by atoms with Crippen LogP contribution in [-0.2, 0) is 11.2 Å². The Kier molecular flexibility index (Phi) is 7.49. The molecule has 3 nitrogen and oxygen atoms in total. The molecule has 0 unspecified atom stereocenters. The molecule has 0 radical (unpaired) electrons. The molecule has 0 aliphatic rings. The Morgan fingerprint density at radius 3 is 2.64 bits per heavy atom. The molecule has 0 aromatic heterocycles. The van der Waals surface area contributed by atoms with Crippen molar-refractivity contribution < 1.29 is 61.3 Å². The molecule has 1 aromatic rings. The van der Waals surface area contributed by atoms with E-state index in [-0.39, 0.29) is 57.8 Å². The van der Waals surface area contributed by atoms with Crippen LogP contribution in [0.3, 0.4) is 0 Å². The summed E-state index contributed by atoms with van der Waals surface area (Å²) in [5.74, 6) is -1.01. The summed E-state index contributed by atoms with van der Waals surface area (Å²) in [5.41, 5.74) is 1.98. The van der Waals surface area contributed by atoms with E-state index in [0.717, 1.165) is 11.3 Å². The fourth-order valence-corrected chi connectivity index (χ4v) is 1.22. The van der Waals surface area contributed by atoms with Gasteiger partial charge in [-0.3, -0.25) is 0 Å². The van der Waals surface area contributed by atoms with Crippen LogP contribution in [0.2, 0.25) is 0 Å². The van der Waals surface area contributed by atoms with Gasteiger partial charge < -0.3 is 15.2 Å². The van der Waals surface area contributed by atoms with Gasteiger partial charge >= 0.3 is 51.4 Å². The first kappa shape index (κ1) is 14.1. The Morgan fingerprint density at radius 1 is 1.43 bits per heavy atom. The van der Waals surface area contributed by atoms with Gasteiger partial charge in [-0.1, -0.05) is 18.2 Å². The van der Waals surface area contributed by atoms with E-state index in [0.29, 0.717) is 6.42 Å². The predicted octanol–water partition coefficient (Wildman–Crippen LogP) is -2.59. The molecule has 0 aliphatic carbocycles. The van der Waals surface area contributed by atoms with E-state index >= 15 is 0 Å².